The van der Waals surface area contributed by atoms with E-state index in [9.17, 15) is 18.3 Å². The fourth-order valence-electron chi connectivity index (χ4n) is 4.46. The van der Waals surface area contributed by atoms with Crippen LogP contribution in [0.3, 0.4) is 0 Å². The van der Waals surface area contributed by atoms with E-state index >= 15 is 0 Å². The van der Waals surface area contributed by atoms with E-state index in [-0.39, 0.29) is 22.0 Å². The molecular formula is C26H25N3O5S. The van der Waals surface area contributed by atoms with Gasteiger partial charge in [-0.25, -0.2) is 8.42 Å². The van der Waals surface area contributed by atoms with E-state index in [1.807, 2.05) is 12.1 Å². The van der Waals surface area contributed by atoms with Gasteiger partial charge in [0.15, 0.2) is 0 Å². The highest BCUT2D eigenvalue weighted by molar-refractivity contribution is 7.92. The molecule has 0 atom stereocenters. The van der Waals surface area contributed by atoms with Crippen molar-refractivity contribution in [1.29, 1.82) is 0 Å². The number of aromatic amines is 1. The third-order valence-electron chi connectivity index (χ3n) is 6.24. The molecule has 1 aliphatic carbocycles. The van der Waals surface area contributed by atoms with Gasteiger partial charge in [0.05, 0.1) is 23.4 Å². The first-order valence-corrected chi connectivity index (χ1v) is 12.8. The van der Waals surface area contributed by atoms with Crippen molar-refractivity contribution in [3.05, 3.63) is 77.5 Å². The molecule has 4 aromatic rings. The van der Waals surface area contributed by atoms with Crippen molar-refractivity contribution in [2.75, 3.05) is 17.1 Å². The summed E-state index contributed by atoms with van der Waals surface area (Å²) in [4.78, 5) is 16.3. The molecule has 5 rings (SSSR count). The summed E-state index contributed by atoms with van der Waals surface area (Å²) >= 11 is 0. The van der Waals surface area contributed by atoms with E-state index in [1.54, 1.807) is 30.3 Å². The largest absolute Gasteiger partial charge is 0.506 e. The number of aryl methyl sites for hydroxylation is 2. The number of phenolic OH excluding ortho intramolecular Hbond substituents is 1. The Balaban J connectivity index is 1.41. The van der Waals surface area contributed by atoms with Crippen molar-refractivity contribution in [1.82, 2.24) is 4.98 Å². The number of para-hydroxylation sites is 2. The molecule has 180 valence electrons. The monoisotopic (exact) mass is 491 g/mol. The Morgan fingerprint density at radius 3 is 2.63 bits per heavy atom. The molecule has 0 radical (unpaired) electrons. The topological polar surface area (TPSA) is 121 Å². The average molecular weight is 492 g/mol. The molecule has 0 unspecified atom stereocenters. The first-order valence-electron chi connectivity index (χ1n) is 11.3. The van der Waals surface area contributed by atoms with Gasteiger partial charge in [0, 0.05) is 22.2 Å². The minimum absolute atomic E-state index is 0.00547. The van der Waals surface area contributed by atoms with Crippen LogP contribution < -0.4 is 14.8 Å². The van der Waals surface area contributed by atoms with Crippen LogP contribution in [-0.4, -0.2) is 31.5 Å². The number of phenols is 1. The van der Waals surface area contributed by atoms with Crippen LogP contribution in [0.4, 0.5) is 11.4 Å². The molecule has 1 aromatic heterocycles. The van der Waals surface area contributed by atoms with Gasteiger partial charge in [-0.1, -0.05) is 12.1 Å². The van der Waals surface area contributed by atoms with Gasteiger partial charge in [-0.3, -0.25) is 9.52 Å². The molecule has 1 amide bonds. The summed E-state index contributed by atoms with van der Waals surface area (Å²) in [5.74, 6) is -0.319. The third kappa shape index (κ3) is 4.42. The lowest BCUT2D eigenvalue weighted by Crippen LogP contribution is -2.15. The molecule has 1 heterocycles. The predicted molar refractivity (Wildman–Crippen MR) is 135 cm³/mol. The number of aromatic hydroxyl groups is 1. The lowest BCUT2D eigenvalue weighted by molar-refractivity contribution is 0.102. The van der Waals surface area contributed by atoms with Crippen LogP contribution in [0.2, 0.25) is 0 Å². The number of hydrogen-bond acceptors (Lipinski definition) is 5. The molecule has 35 heavy (non-hydrogen) atoms. The Morgan fingerprint density at radius 1 is 1.00 bits per heavy atom. The van der Waals surface area contributed by atoms with Gasteiger partial charge in [0.2, 0.25) is 0 Å². The van der Waals surface area contributed by atoms with Crippen LogP contribution in [0.25, 0.3) is 10.9 Å². The second-order valence-electron chi connectivity index (χ2n) is 8.49. The number of ether oxygens (including phenoxy) is 1. The number of fused-ring (bicyclic) bond motifs is 3. The van der Waals surface area contributed by atoms with Gasteiger partial charge < -0.3 is 20.1 Å². The number of sulfonamides is 1. The Labute approximate surface area is 203 Å². The first kappa shape index (κ1) is 22.8. The Bertz CT molecular complexity index is 1540. The fourth-order valence-corrected chi connectivity index (χ4v) is 5.55. The molecule has 0 saturated carbocycles. The van der Waals surface area contributed by atoms with Gasteiger partial charge in [-0.05, 0) is 79.8 Å². The van der Waals surface area contributed by atoms with Crippen molar-refractivity contribution in [3.63, 3.8) is 0 Å². The number of rotatable bonds is 6. The van der Waals surface area contributed by atoms with Crippen LogP contribution >= 0.6 is 0 Å². The molecule has 4 N–H and O–H groups in total. The maximum atomic E-state index is 13.0. The van der Waals surface area contributed by atoms with E-state index < -0.39 is 15.9 Å². The zero-order valence-electron chi connectivity index (χ0n) is 19.1. The molecule has 0 bridgehead atoms. The number of benzene rings is 3. The summed E-state index contributed by atoms with van der Waals surface area (Å²) in [6.45, 7) is 0. The summed E-state index contributed by atoms with van der Waals surface area (Å²) in [5.41, 5.74) is 4.16. The summed E-state index contributed by atoms with van der Waals surface area (Å²) in [6.07, 6.45) is 4.25. The van der Waals surface area contributed by atoms with E-state index in [0.717, 1.165) is 36.6 Å². The fraction of sp³-hybridized carbons (Fsp3) is 0.192. The zero-order valence-corrected chi connectivity index (χ0v) is 19.9. The number of carbonyl (C=O) groups excluding carboxylic acids is 1. The molecule has 3 aromatic carbocycles. The summed E-state index contributed by atoms with van der Waals surface area (Å²) in [6, 6.07) is 15.8. The smallest absolute Gasteiger partial charge is 0.262 e. The summed E-state index contributed by atoms with van der Waals surface area (Å²) in [7, 11) is -2.57. The molecule has 0 spiro atoms. The van der Waals surface area contributed by atoms with E-state index in [2.05, 4.69) is 15.0 Å². The van der Waals surface area contributed by atoms with Crippen LogP contribution in [0, 0.1) is 0 Å². The lowest BCUT2D eigenvalue weighted by atomic mass is 9.95. The van der Waals surface area contributed by atoms with Gasteiger partial charge in [0.25, 0.3) is 15.9 Å². The van der Waals surface area contributed by atoms with E-state index in [4.69, 9.17) is 4.74 Å². The molecule has 9 heteroatoms. The molecule has 8 nitrogen and oxygen atoms in total. The van der Waals surface area contributed by atoms with Crippen molar-refractivity contribution >= 4 is 38.2 Å². The van der Waals surface area contributed by atoms with Crippen LogP contribution in [0.1, 0.15) is 34.5 Å². The Morgan fingerprint density at radius 2 is 1.80 bits per heavy atom. The highest BCUT2D eigenvalue weighted by atomic mass is 32.2. The quantitative estimate of drug-likeness (QED) is 0.288. The highest BCUT2D eigenvalue weighted by Gasteiger charge is 2.20. The number of amides is 1. The van der Waals surface area contributed by atoms with Crippen molar-refractivity contribution < 1.29 is 23.1 Å². The summed E-state index contributed by atoms with van der Waals surface area (Å²) in [5, 5.41) is 14.0. The van der Waals surface area contributed by atoms with Crippen molar-refractivity contribution in [2.24, 2.45) is 0 Å². The zero-order chi connectivity index (χ0) is 24.6. The van der Waals surface area contributed by atoms with Gasteiger partial charge in [-0.15, -0.1) is 0 Å². The normalized spacial score (nSPS) is 13.3. The predicted octanol–water partition coefficient (Wildman–Crippen LogP) is 4.81. The molecule has 1 aliphatic rings. The number of nitrogens with one attached hydrogen (secondary N) is 3. The van der Waals surface area contributed by atoms with Crippen molar-refractivity contribution in [3.8, 4) is 11.5 Å². The highest BCUT2D eigenvalue weighted by Crippen LogP contribution is 2.32. The molecule has 0 fully saturated rings. The maximum absolute atomic E-state index is 13.0. The third-order valence-corrected chi connectivity index (χ3v) is 7.60. The van der Waals surface area contributed by atoms with Gasteiger partial charge in [0.1, 0.15) is 11.5 Å². The standard InChI is InChI=1S/C26H25N3O5S/c1-34-25-9-5-4-8-22(25)29-35(32,33)17-11-13-24(30)23(15-17)28-26(31)16-10-12-21-19(14-16)18-6-2-3-7-20(18)27-21/h4-5,8-15,27,29-30H,2-3,6-7H2,1H3,(H,28,31). The number of carbonyl (C=O) groups is 1. The maximum Gasteiger partial charge on any atom is 0.262 e. The average Bonchev–Trinajstić information content (AvgIpc) is 3.23. The second-order valence-corrected chi connectivity index (χ2v) is 10.2. The van der Waals surface area contributed by atoms with Gasteiger partial charge >= 0.3 is 0 Å². The summed E-state index contributed by atoms with van der Waals surface area (Å²) < 4.78 is 33.6. The molecular weight excluding hydrogens is 466 g/mol. The minimum atomic E-state index is -4.01. The van der Waals surface area contributed by atoms with Crippen LogP contribution in [0.5, 0.6) is 11.5 Å². The van der Waals surface area contributed by atoms with Crippen molar-refractivity contribution in [2.45, 2.75) is 30.6 Å². The SMILES string of the molecule is COc1ccccc1NS(=O)(=O)c1ccc(O)c(NC(=O)c2ccc3[nH]c4c(c3c2)CCCC4)c1. The van der Waals surface area contributed by atoms with Crippen LogP contribution in [0.15, 0.2) is 65.6 Å². The number of methoxy groups -OCH3 is 1. The number of hydrogen-bond donors (Lipinski definition) is 4. The van der Waals surface area contributed by atoms with Gasteiger partial charge in [-0.2, -0.15) is 0 Å². The van der Waals surface area contributed by atoms with E-state index in [1.165, 1.54) is 36.6 Å². The lowest BCUT2D eigenvalue weighted by Gasteiger charge is -2.13. The van der Waals surface area contributed by atoms with Crippen LogP contribution in [-0.2, 0) is 22.9 Å². The second kappa shape index (κ2) is 8.99. The number of anilines is 2. The number of aromatic nitrogens is 1. The number of H-pyrrole nitrogens is 1. The molecule has 0 aliphatic heterocycles. The Hall–Kier alpha value is -3.98. The molecule has 0 saturated heterocycles. The minimum Gasteiger partial charge on any atom is -0.506 e. The first-order chi connectivity index (χ1) is 16.9. The Kier molecular flexibility index (Phi) is 5.86. The van der Waals surface area contributed by atoms with E-state index in [0.29, 0.717) is 11.3 Å².